The summed E-state index contributed by atoms with van der Waals surface area (Å²) in [5.74, 6) is 0.142. The highest BCUT2D eigenvalue weighted by atomic mass is 79.9. The lowest BCUT2D eigenvalue weighted by Crippen LogP contribution is -2.52. The Hall–Kier alpha value is -5.40. The summed E-state index contributed by atoms with van der Waals surface area (Å²) in [6.45, 7) is 7.20. The van der Waals surface area contributed by atoms with Gasteiger partial charge in [-0.05, 0) is 77.2 Å². The van der Waals surface area contributed by atoms with Crippen LogP contribution in [0.5, 0.6) is 5.75 Å². The number of ether oxygens (including phenoxy) is 2. The number of aliphatic hydroxyl groups is 1. The average Bonchev–Trinajstić information content (AvgIpc) is 3.68. The molecule has 0 unspecified atom stereocenters. The van der Waals surface area contributed by atoms with Crippen molar-refractivity contribution in [2.24, 2.45) is 5.92 Å². The van der Waals surface area contributed by atoms with Gasteiger partial charge in [-0.25, -0.2) is 0 Å². The molecule has 1 N–H and O–H groups in total. The summed E-state index contributed by atoms with van der Waals surface area (Å²) in [5, 5.41) is 17.5. The highest BCUT2D eigenvalue weighted by Gasteiger charge is 2.66. The number of anilines is 1. The van der Waals surface area contributed by atoms with Gasteiger partial charge in [0.25, 0.3) is 11.5 Å². The Morgan fingerprint density at radius 3 is 2.47 bits per heavy atom. The number of amides is 2. The molecule has 306 valence electrons. The molecule has 3 aliphatic rings. The van der Waals surface area contributed by atoms with Crippen molar-refractivity contribution in [1.82, 2.24) is 14.7 Å². The van der Waals surface area contributed by atoms with Crippen molar-refractivity contribution in [2.45, 2.75) is 69.2 Å². The van der Waals surface area contributed by atoms with E-state index in [-0.39, 0.29) is 54.4 Å². The molecule has 60 heavy (non-hydrogen) atoms. The predicted molar refractivity (Wildman–Crippen MR) is 238 cm³/mol. The first-order valence-electron chi connectivity index (χ1n) is 20.4. The van der Waals surface area contributed by atoms with Crippen molar-refractivity contribution in [3.05, 3.63) is 159 Å². The van der Waals surface area contributed by atoms with Gasteiger partial charge in [0.15, 0.2) is 5.60 Å². The van der Waals surface area contributed by atoms with Crippen LogP contribution < -0.4 is 20.4 Å². The molecular weight excluding hydrogens is 837 g/mol. The number of hydrogen-bond acceptors (Lipinski definition) is 7. The van der Waals surface area contributed by atoms with Crippen molar-refractivity contribution < 1.29 is 24.2 Å². The highest BCUT2D eigenvalue weighted by Crippen LogP contribution is 2.60. The summed E-state index contributed by atoms with van der Waals surface area (Å²) in [7, 11) is -0.903. The second-order valence-electron chi connectivity index (χ2n) is 16.9. The van der Waals surface area contributed by atoms with Crippen LogP contribution in [-0.4, -0.2) is 65.5 Å². The minimum absolute atomic E-state index is 0.0637. The molecule has 0 aliphatic carbocycles. The van der Waals surface area contributed by atoms with Crippen LogP contribution in [0.25, 0.3) is 16.5 Å². The average molecular weight is 884 g/mol. The third kappa shape index (κ3) is 6.61. The Balaban J connectivity index is 1.10. The summed E-state index contributed by atoms with van der Waals surface area (Å²) in [6.07, 6.45) is 1.72. The predicted octanol–water partition coefficient (Wildman–Crippen LogP) is 7.26. The van der Waals surface area contributed by atoms with Gasteiger partial charge in [-0.3, -0.25) is 14.4 Å². The smallest absolute Gasteiger partial charge is 0.279 e. The fourth-order valence-corrected chi connectivity index (χ4v) is 14.6. The van der Waals surface area contributed by atoms with Crippen LogP contribution in [0, 0.1) is 5.92 Å². The van der Waals surface area contributed by atoms with E-state index >= 15 is 4.79 Å². The Morgan fingerprint density at radius 2 is 1.70 bits per heavy atom. The molecule has 12 heteroatoms. The van der Waals surface area contributed by atoms with Gasteiger partial charge in [-0.15, -0.1) is 0 Å². The second kappa shape index (κ2) is 15.6. The van der Waals surface area contributed by atoms with Crippen molar-refractivity contribution >= 4 is 57.5 Å². The molecule has 2 amide bonds. The number of carbonyl (C=O) groups excluding carboxylic acids is 2. The molecular formula is C48H47BrN4O6Si. The first-order chi connectivity index (χ1) is 28.9. The number of halogens is 1. The zero-order chi connectivity index (χ0) is 41.9. The molecule has 5 atom stereocenters. The van der Waals surface area contributed by atoms with E-state index in [1.807, 2.05) is 91.0 Å². The SMILES string of the molecule is COc1ccc([Si](C)(C)[C@@H]2[C@@H](CC(=O)N3Cc4ccccc4C[C@H]3CO)O[C@]3(C(=O)N(Cc4cccc(-n5ncc6ccccc6c5=O)c4)c4ccc(Br)cc43)[C@H]2C)cc1. The minimum atomic E-state index is -2.55. The van der Waals surface area contributed by atoms with Gasteiger partial charge in [-0.2, -0.15) is 9.78 Å². The number of carbonyl (C=O) groups is 2. The summed E-state index contributed by atoms with van der Waals surface area (Å²) < 4.78 is 15.1. The van der Waals surface area contributed by atoms with E-state index in [2.05, 4.69) is 59.2 Å². The van der Waals surface area contributed by atoms with Gasteiger partial charge in [-0.1, -0.05) is 108 Å². The van der Waals surface area contributed by atoms with Crippen LogP contribution in [0.3, 0.4) is 0 Å². The first-order valence-corrected chi connectivity index (χ1v) is 24.3. The monoisotopic (exact) mass is 882 g/mol. The van der Waals surface area contributed by atoms with Gasteiger partial charge in [0.2, 0.25) is 5.91 Å². The van der Waals surface area contributed by atoms with Gasteiger partial charge < -0.3 is 24.4 Å². The number of rotatable bonds is 9. The number of fused-ring (bicyclic) bond motifs is 4. The quantitative estimate of drug-likeness (QED) is 0.152. The number of methoxy groups -OCH3 is 1. The first kappa shape index (κ1) is 40.0. The molecule has 6 aromatic rings. The number of benzene rings is 5. The van der Waals surface area contributed by atoms with Gasteiger partial charge in [0.05, 0.1) is 69.9 Å². The Kier molecular flexibility index (Phi) is 10.4. The topological polar surface area (TPSA) is 114 Å². The highest BCUT2D eigenvalue weighted by molar-refractivity contribution is 9.10. The molecule has 1 aromatic heterocycles. The zero-order valence-corrected chi connectivity index (χ0v) is 36.6. The number of hydrogen-bond donors (Lipinski definition) is 1. The molecule has 0 bridgehead atoms. The fourth-order valence-electron chi connectivity index (χ4n) is 10.2. The third-order valence-electron chi connectivity index (χ3n) is 13.3. The molecule has 1 spiro atoms. The van der Waals surface area contributed by atoms with E-state index in [9.17, 15) is 14.7 Å². The molecule has 5 aromatic carbocycles. The molecule has 1 saturated heterocycles. The minimum Gasteiger partial charge on any atom is -0.497 e. The maximum absolute atomic E-state index is 15.5. The lowest BCUT2D eigenvalue weighted by molar-refractivity contribution is -0.151. The van der Waals surface area contributed by atoms with E-state index < -0.39 is 19.8 Å². The van der Waals surface area contributed by atoms with Crippen LogP contribution in [0.15, 0.2) is 131 Å². The fraction of sp³-hybridized carbons (Fsp3) is 0.292. The van der Waals surface area contributed by atoms with E-state index in [0.717, 1.165) is 43.5 Å². The van der Waals surface area contributed by atoms with Crippen LogP contribution in [0.2, 0.25) is 18.6 Å². The molecule has 0 saturated carbocycles. The van der Waals surface area contributed by atoms with Gasteiger partial charge in [0, 0.05) is 27.9 Å². The number of aliphatic hydroxyl groups excluding tert-OH is 1. The molecule has 0 radical (unpaired) electrons. The Labute approximate surface area is 358 Å². The summed E-state index contributed by atoms with van der Waals surface area (Å²) in [6, 6.07) is 36.7. The maximum Gasteiger partial charge on any atom is 0.279 e. The van der Waals surface area contributed by atoms with E-state index in [0.29, 0.717) is 24.0 Å². The molecule has 9 rings (SSSR count). The number of nitrogens with zero attached hydrogens (tertiary/aromatic N) is 4. The number of aromatic nitrogens is 2. The van der Waals surface area contributed by atoms with Crippen molar-refractivity contribution in [1.29, 1.82) is 0 Å². The Morgan fingerprint density at radius 1 is 0.950 bits per heavy atom. The molecule has 4 heterocycles. The molecule has 1 fully saturated rings. The largest absolute Gasteiger partial charge is 0.497 e. The molecule has 10 nitrogen and oxygen atoms in total. The van der Waals surface area contributed by atoms with Crippen LogP contribution in [0.1, 0.15) is 35.6 Å². The van der Waals surface area contributed by atoms with Crippen LogP contribution in [0.4, 0.5) is 5.69 Å². The standard InChI is InChI=1S/C48H47BrN4O6Si/c1-30-45(60(3,4)39-19-17-38(58-2)18-20-39)43(25-44(55)51-28-34-13-6-5-11-32(34)23-37(51)29-54)59-48(30)41-24-35(49)16-21-42(41)52(47(48)57)27-31-10-9-14-36(22-31)53-46(56)40-15-8-7-12-33(40)26-50-53/h5-22,24,26,30,37,43,45,54H,23,25,27-29H2,1-4H3/t30-,37-,43+,45-,48+/m0/s1. The third-order valence-corrected chi connectivity index (χ3v) is 18.1. The maximum atomic E-state index is 15.5. The van der Waals surface area contributed by atoms with Gasteiger partial charge >= 0.3 is 0 Å². The van der Waals surface area contributed by atoms with Crippen LogP contribution in [-0.2, 0) is 39.4 Å². The van der Waals surface area contributed by atoms with E-state index in [4.69, 9.17) is 9.47 Å². The zero-order valence-electron chi connectivity index (χ0n) is 34.0. The van der Waals surface area contributed by atoms with Crippen molar-refractivity contribution in [3.8, 4) is 11.4 Å². The van der Waals surface area contributed by atoms with E-state index in [1.54, 1.807) is 29.2 Å². The Bertz CT molecular complexity index is 2700. The normalized spacial score (nSPS) is 22.3. The van der Waals surface area contributed by atoms with Gasteiger partial charge in [0.1, 0.15) is 5.75 Å². The second-order valence-corrected chi connectivity index (χ2v) is 22.5. The van der Waals surface area contributed by atoms with Crippen molar-refractivity contribution in [3.63, 3.8) is 0 Å². The summed E-state index contributed by atoms with van der Waals surface area (Å²) in [4.78, 5) is 47.3. The summed E-state index contributed by atoms with van der Waals surface area (Å²) >= 11 is 3.71. The van der Waals surface area contributed by atoms with Crippen molar-refractivity contribution in [2.75, 3.05) is 18.6 Å². The molecule has 3 aliphatic heterocycles. The summed E-state index contributed by atoms with van der Waals surface area (Å²) in [5.41, 5.74) is 3.36. The lowest BCUT2D eigenvalue weighted by Gasteiger charge is -2.39. The lowest BCUT2D eigenvalue weighted by atomic mass is 9.82. The van der Waals surface area contributed by atoms with Crippen LogP contribution >= 0.6 is 15.9 Å². The van der Waals surface area contributed by atoms with E-state index in [1.165, 1.54) is 9.87 Å².